The van der Waals surface area contributed by atoms with E-state index in [-0.39, 0.29) is 5.56 Å². The molecule has 0 aliphatic heterocycles. The van der Waals surface area contributed by atoms with Crippen LogP contribution in [-0.2, 0) is 0 Å². The van der Waals surface area contributed by atoms with Crippen molar-refractivity contribution in [3.63, 3.8) is 0 Å². The van der Waals surface area contributed by atoms with Gasteiger partial charge in [-0.05, 0) is 12.5 Å². The number of benzene rings is 1. The molecule has 1 N–H and O–H groups in total. The van der Waals surface area contributed by atoms with Crippen LogP contribution in [0.1, 0.15) is 43.0 Å². The third-order valence-electron chi connectivity index (χ3n) is 2.95. The zero-order chi connectivity index (χ0) is 15.8. The molecule has 0 spiro atoms. The summed E-state index contributed by atoms with van der Waals surface area (Å²) in [5, 5.41) is 24.1. The van der Waals surface area contributed by atoms with Crippen molar-refractivity contribution in [3.05, 3.63) is 44.0 Å². The number of non-ortho nitro benzene ring substituents is 1. The second-order valence-electron chi connectivity index (χ2n) is 4.53. The molecule has 0 radical (unpaired) electrons. The molecule has 0 aromatic heterocycles. The van der Waals surface area contributed by atoms with Crippen LogP contribution in [0.4, 0.5) is 11.4 Å². The summed E-state index contributed by atoms with van der Waals surface area (Å²) in [5.41, 5.74) is -1.14. The summed E-state index contributed by atoms with van der Waals surface area (Å²) in [7, 11) is 0. The lowest BCUT2D eigenvalue weighted by molar-refractivity contribution is -0.394. The fourth-order valence-corrected chi connectivity index (χ4v) is 1.83. The summed E-state index contributed by atoms with van der Waals surface area (Å²) in [5.74, 6) is -0.590. The van der Waals surface area contributed by atoms with Gasteiger partial charge in [0.15, 0.2) is 0 Å². The maximum atomic E-state index is 11.9. The van der Waals surface area contributed by atoms with Crippen LogP contribution in [0.5, 0.6) is 0 Å². The van der Waals surface area contributed by atoms with Gasteiger partial charge in [0.05, 0.1) is 15.9 Å². The third kappa shape index (κ3) is 4.83. The average molecular weight is 295 g/mol. The average Bonchev–Trinajstić information content (AvgIpc) is 2.46. The Morgan fingerprint density at radius 3 is 2.43 bits per heavy atom. The molecule has 0 saturated carbocycles. The number of unbranched alkanes of at least 4 members (excludes halogenated alkanes) is 3. The third-order valence-corrected chi connectivity index (χ3v) is 2.95. The maximum Gasteiger partial charge on any atom is 0.289 e. The van der Waals surface area contributed by atoms with E-state index in [4.69, 9.17) is 0 Å². The van der Waals surface area contributed by atoms with Crippen LogP contribution in [0.2, 0.25) is 0 Å². The Kier molecular flexibility index (Phi) is 6.25. The molecule has 0 unspecified atom stereocenters. The standard InChI is InChI=1S/C13H17N3O5/c1-2-3-4-5-8-14-13(17)11-7-6-10(15(18)19)9-12(11)16(20)21/h6-7,9H,2-5,8H2,1H3,(H,14,17). The number of rotatable bonds is 8. The summed E-state index contributed by atoms with van der Waals surface area (Å²) in [6.07, 6.45) is 3.90. The van der Waals surface area contributed by atoms with Crippen LogP contribution < -0.4 is 5.32 Å². The Morgan fingerprint density at radius 2 is 1.86 bits per heavy atom. The lowest BCUT2D eigenvalue weighted by Gasteiger charge is -2.05. The van der Waals surface area contributed by atoms with Crippen LogP contribution in [0.25, 0.3) is 0 Å². The van der Waals surface area contributed by atoms with Gasteiger partial charge in [-0.25, -0.2) is 0 Å². The molecule has 1 aromatic carbocycles. The van der Waals surface area contributed by atoms with Crippen LogP contribution >= 0.6 is 0 Å². The fraction of sp³-hybridized carbons (Fsp3) is 0.462. The predicted molar refractivity (Wildman–Crippen MR) is 76.2 cm³/mol. The SMILES string of the molecule is CCCCCCNC(=O)c1ccc([N+](=O)[O-])cc1[N+](=O)[O-]. The van der Waals surface area contributed by atoms with E-state index in [0.717, 1.165) is 43.9 Å². The first-order chi connectivity index (χ1) is 9.97. The van der Waals surface area contributed by atoms with Gasteiger partial charge in [0.2, 0.25) is 0 Å². The maximum absolute atomic E-state index is 11.9. The molecular weight excluding hydrogens is 278 g/mol. The summed E-state index contributed by atoms with van der Waals surface area (Å²) >= 11 is 0. The van der Waals surface area contributed by atoms with Crippen LogP contribution in [0.3, 0.4) is 0 Å². The normalized spacial score (nSPS) is 10.1. The van der Waals surface area contributed by atoms with Crippen molar-refractivity contribution in [2.45, 2.75) is 32.6 Å². The lowest BCUT2D eigenvalue weighted by atomic mass is 10.1. The molecule has 21 heavy (non-hydrogen) atoms. The molecule has 8 heteroatoms. The van der Waals surface area contributed by atoms with E-state index < -0.39 is 27.1 Å². The Labute approximate surface area is 121 Å². The highest BCUT2D eigenvalue weighted by molar-refractivity contribution is 5.98. The highest BCUT2D eigenvalue weighted by Crippen LogP contribution is 2.24. The summed E-state index contributed by atoms with van der Waals surface area (Å²) in [4.78, 5) is 31.9. The van der Waals surface area contributed by atoms with Gasteiger partial charge in [0.1, 0.15) is 5.56 Å². The van der Waals surface area contributed by atoms with E-state index in [9.17, 15) is 25.0 Å². The summed E-state index contributed by atoms with van der Waals surface area (Å²) in [6, 6.07) is 2.99. The number of nitro groups is 2. The topological polar surface area (TPSA) is 115 Å². The minimum atomic E-state index is -0.793. The second kappa shape index (κ2) is 7.93. The van der Waals surface area contributed by atoms with E-state index >= 15 is 0 Å². The van der Waals surface area contributed by atoms with Gasteiger partial charge >= 0.3 is 0 Å². The van der Waals surface area contributed by atoms with E-state index in [1.165, 1.54) is 0 Å². The van der Waals surface area contributed by atoms with Crippen molar-refractivity contribution in [2.24, 2.45) is 0 Å². The molecule has 0 atom stereocenters. The van der Waals surface area contributed by atoms with Crippen molar-refractivity contribution in [1.29, 1.82) is 0 Å². The molecule has 0 fully saturated rings. The molecule has 0 aliphatic carbocycles. The monoisotopic (exact) mass is 295 g/mol. The minimum Gasteiger partial charge on any atom is -0.352 e. The highest BCUT2D eigenvalue weighted by Gasteiger charge is 2.23. The molecule has 1 aromatic rings. The molecular formula is C13H17N3O5. The Hall–Kier alpha value is -2.51. The summed E-state index contributed by atoms with van der Waals surface area (Å²) in [6.45, 7) is 2.49. The Bertz CT molecular complexity index is 545. The van der Waals surface area contributed by atoms with Crippen molar-refractivity contribution in [3.8, 4) is 0 Å². The van der Waals surface area contributed by atoms with Gasteiger partial charge in [-0.1, -0.05) is 26.2 Å². The predicted octanol–water partition coefficient (Wildman–Crippen LogP) is 2.81. The lowest BCUT2D eigenvalue weighted by Crippen LogP contribution is -2.25. The second-order valence-corrected chi connectivity index (χ2v) is 4.53. The number of amides is 1. The van der Waals surface area contributed by atoms with Gasteiger partial charge in [0, 0.05) is 12.6 Å². The molecule has 0 heterocycles. The summed E-state index contributed by atoms with van der Waals surface area (Å²) < 4.78 is 0. The van der Waals surface area contributed by atoms with Gasteiger partial charge < -0.3 is 5.32 Å². The smallest absolute Gasteiger partial charge is 0.289 e. The number of carbonyl (C=O) groups excluding carboxylic acids is 1. The molecule has 114 valence electrons. The first-order valence-electron chi connectivity index (χ1n) is 6.68. The highest BCUT2D eigenvalue weighted by atomic mass is 16.6. The van der Waals surface area contributed by atoms with E-state index in [1.807, 2.05) is 0 Å². The molecule has 1 amide bonds. The minimum absolute atomic E-state index is 0.166. The first-order valence-corrected chi connectivity index (χ1v) is 6.68. The fourth-order valence-electron chi connectivity index (χ4n) is 1.83. The van der Waals surface area contributed by atoms with Crippen LogP contribution in [0.15, 0.2) is 18.2 Å². The largest absolute Gasteiger partial charge is 0.352 e. The number of carbonyl (C=O) groups is 1. The molecule has 8 nitrogen and oxygen atoms in total. The van der Waals surface area contributed by atoms with Crippen molar-refractivity contribution in [2.75, 3.05) is 6.54 Å². The van der Waals surface area contributed by atoms with Crippen LogP contribution in [-0.4, -0.2) is 22.3 Å². The van der Waals surface area contributed by atoms with Crippen molar-refractivity contribution < 1.29 is 14.6 Å². The van der Waals surface area contributed by atoms with E-state index in [1.54, 1.807) is 0 Å². The van der Waals surface area contributed by atoms with Crippen LogP contribution in [0, 0.1) is 20.2 Å². The Morgan fingerprint density at radius 1 is 1.14 bits per heavy atom. The zero-order valence-electron chi connectivity index (χ0n) is 11.7. The molecule has 0 bridgehead atoms. The number of nitrogens with one attached hydrogen (secondary N) is 1. The van der Waals surface area contributed by atoms with Gasteiger partial charge in [-0.2, -0.15) is 0 Å². The van der Waals surface area contributed by atoms with Gasteiger partial charge in [-0.3, -0.25) is 25.0 Å². The first kappa shape index (κ1) is 16.5. The van der Waals surface area contributed by atoms with E-state index in [0.29, 0.717) is 6.54 Å². The van der Waals surface area contributed by atoms with Crippen molar-refractivity contribution >= 4 is 17.3 Å². The quantitative estimate of drug-likeness (QED) is 0.449. The number of hydrogen-bond acceptors (Lipinski definition) is 5. The van der Waals surface area contributed by atoms with Gasteiger partial charge in [0.25, 0.3) is 17.3 Å². The number of nitrogens with zero attached hydrogens (tertiary/aromatic N) is 2. The number of hydrogen-bond donors (Lipinski definition) is 1. The number of nitro benzene ring substituents is 2. The van der Waals surface area contributed by atoms with Gasteiger partial charge in [-0.15, -0.1) is 0 Å². The Balaban J connectivity index is 2.79. The zero-order valence-corrected chi connectivity index (χ0v) is 11.7. The van der Waals surface area contributed by atoms with Crippen molar-refractivity contribution in [1.82, 2.24) is 5.32 Å². The molecule has 0 saturated heterocycles. The molecule has 1 rings (SSSR count). The van der Waals surface area contributed by atoms with E-state index in [2.05, 4.69) is 12.2 Å². The molecule has 0 aliphatic rings.